The number of hydrogen-bond donors (Lipinski definition) is 3. The molecule has 2 aliphatic rings. The van der Waals surface area contributed by atoms with Crippen molar-refractivity contribution in [3.8, 4) is 0 Å². The van der Waals surface area contributed by atoms with Crippen molar-refractivity contribution in [1.82, 2.24) is 9.80 Å². The predicted octanol–water partition coefficient (Wildman–Crippen LogP) is 2.47. The number of ether oxygens (including phenoxy) is 1. The summed E-state index contributed by atoms with van der Waals surface area (Å²) in [5.41, 5.74) is -0.0983. The van der Waals surface area contributed by atoms with Crippen molar-refractivity contribution in [2.45, 2.75) is 37.9 Å². The van der Waals surface area contributed by atoms with E-state index in [2.05, 4.69) is 4.90 Å². The van der Waals surface area contributed by atoms with E-state index in [9.17, 15) is 18.7 Å². The maximum Gasteiger partial charge on any atom is 0.414 e. The third-order valence-electron chi connectivity index (χ3n) is 7.03. The molecule has 0 saturated carbocycles. The number of nitrogens with zero attached hydrogens (tertiary/aromatic N) is 2. The largest absolute Gasteiger partial charge is 0.473 e. The van der Waals surface area contributed by atoms with Gasteiger partial charge in [0.05, 0.1) is 6.54 Å². The van der Waals surface area contributed by atoms with E-state index in [4.69, 9.17) is 24.5 Å². The maximum absolute atomic E-state index is 13.5. The molecule has 10 nitrogen and oxygen atoms in total. The normalized spacial score (nSPS) is 18.0. The molecule has 5 N–H and O–H groups in total. The number of likely N-dealkylation sites (N-methyl/N-ethyl adjacent to an activating group) is 1. The van der Waals surface area contributed by atoms with Gasteiger partial charge < -0.3 is 35.3 Å². The molecule has 1 atom stereocenters. The van der Waals surface area contributed by atoms with Gasteiger partial charge in [-0.3, -0.25) is 0 Å². The van der Waals surface area contributed by atoms with Gasteiger partial charge in [-0.1, -0.05) is 24.3 Å². The first kappa shape index (κ1) is 31.6. The van der Waals surface area contributed by atoms with Gasteiger partial charge in [0.15, 0.2) is 0 Å². The molecule has 4 rings (SSSR count). The molecular weight excluding hydrogens is 518 g/mol. The van der Waals surface area contributed by atoms with Crippen LogP contribution < -0.4 is 0 Å². The highest BCUT2D eigenvalue weighted by Crippen LogP contribution is 2.42. The van der Waals surface area contributed by atoms with Crippen molar-refractivity contribution in [2.24, 2.45) is 5.92 Å². The highest BCUT2D eigenvalue weighted by Gasteiger charge is 2.42. The minimum atomic E-state index is -1.82. The second-order valence-electron chi connectivity index (χ2n) is 9.34. The van der Waals surface area contributed by atoms with Crippen molar-refractivity contribution >= 4 is 18.0 Å². The zero-order valence-electron chi connectivity index (χ0n) is 21.6. The summed E-state index contributed by atoms with van der Waals surface area (Å²) in [7, 11) is 0. The minimum absolute atomic E-state index is 0. The van der Waals surface area contributed by atoms with E-state index in [0.717, 1.165) is 38.9 Å². The maximum atomic E-state index is 13.5. The number of hydrogen-bond acceptors (Lipinski definition) is 6. The molecule has 39 heavy (non-hydrogen) atoms. The van der Waals surface area contributed by atoms with E-state index >= 15 is 0 Å². The number of likely N-dealkylation sites (tertiary alicyclic amines) is 1. The van der Waals surface area contributed by atoms with Crippen molar-refractivity contribution < 1.29 is 48.7 Å². The van der Waals surface area contributed by atoms with Gasteiger partial charge in [0.2, 0.25) is 0 Å². The fourth-order valence-corrected chi connectivity index (χ4v) is 4.93. The average Bonchev–Trinajstić information content (AvgIpc) is 3.28. The number of amides is 1. The van der Waals surface area contributed by atoms with Crippen molar-refractivity contribution in [3.63, 3.8) is 0 Å². The van der Waals surface area contributed by atoms with Crippen LogP contribution in [0.15, 0.2) is 48.5 Å². The van der Waals surface area contributed by atoms with Crippen LogP contribution in [0.2, 0.25) is 0 Å². The Hall–Kier alpha value is -3.61. The van der Waals surface area contributed by atoms with E-state index in [1.807, 2.05) is 6.92 Å². The van der Waals surface area contributed by atoms with E-state index in [0.29, 0.717) is 24.2 Å². The fraction of sp³-hybridized carbons (Fsp3) is 0.444. The molecule has 2 aliphatic heterocycles. The SMILES string of the molecule is CCN1CC(CCN2CCC(C(O)(c3ccc(F)cc3)c3ccc(F)cc3)CC2)OC1=O.O.O=C(O)C(=O)O. The van der Waals surface area contributed by atoms with E-state index < -0.39 is 17.5 Å². The molecule has 1 amide bonds. The highest BCUT2D eigenvalue weighted by atomic mass is 19.1. The van der Waals surface area contributed by atoms with Gasteiger partial charge in [-0.05, 0) is 80.6 Å². The zero-order valence-corrected chi connectivity index (χ0v) is 21.6. The third kappa shape index (κ3) is 7.94. The molecule has 2 heterocycles. The third-order valence-corrected chi connectivity index (χ3v) is 7.03. The number of carbonyl (C=O) groups excluding carboxylic acids is 1. The first-order chi connectivity index (χ1) is 18.0. The molecule has 1 unspecified atom stereocenters. The number of carboxylic acids is 2. The van der Waals surface area contributed by atoms with Gasteiger partial charge >= 0.3 is 18.0 Å². The highest BCUT2D eigenvalue weighted by molar-refractivity contribution is 6.27. The molecule has 2 aromatic rings. The lowest BCUT2D eigenvalue weighted by atomic mass is 9.72. The van der Waals surface area contributed by atoms with Crippen molar-refractivity contribution in [1.29, 1.82) is 0 Å². The Morgan fingerprint density at radius 3 is 1.79 bits per heavy atom. The van der Waals surface area contributed by atoms with Gasteiger partial charge in [0, 0.05) is 13.1 Å². The summed E-state index contributed by atoms with van der Waals surface area (Å²) < 4.78 is 32.5. The van der Waals surface area contributed by atoms with E-state index in [-0.39, 0.29) is 35.2 Å². The van der Waals surface area contributed by atoms with Gasteiger partial charge in [0.1, 0.15) is 23.3 Å². The summed E-state index contributed by atoms with van der Waals surface area (Å²) in [4.78, 5) is 34.0. The number of piperidine rings is 1. The number of halogens is 2. The average molecular weight is 553 g/mol. The Labute approximate surface area is 224 Å². The van der Waals surface area contributed by atoms with Gasteiger partial charge in [0.25, 0.3) is 0 Å². The molecule has 2 fully saturated rings. The molecule has 2 aromatic carbocycles. The summed E-state index contributed by atoms with van der Waals surface area (Å²) in [6.07, 6.45) is 1.97. The molecule has 0 aromatic heterocycles. The molecule has 12 heteroatoms. The molecule has 0 aliphatic carbocycles. The number of aliphatic hydroxyl groups is 1. The lowest BCUT2D eigenvalue weighted by Crippen LogP contribution is -2.44. The smallest absolute Gasteiger partial charge is 0.414 e. The molecule has 214 valence electrons. The van der Waals surface area contributed by atoms with Crippen molar-refractivity contribution in [3.05, 3.63) is 71.3 Å². The number of carbonyl (C=O) groups is 3. The Morgan fingerprint density at radius 1 is 0.949 bits per heavy atom. The van der Waals surface area contributed by atoms with Crippen LogP contribution in [0.5, 0.6) is 0 Å². The Kier molecular flexibility index (Phi) is 11.3. The second-order valence-corrected chi connectivity index (χ2v) is 9.34. The van der Waals surface area contributed by atoms with Crippen LogP contribution in [0.3, 0.4) is 0 Å². The first-order valence-corrected chi connectivity index (χ1v) is 12.4. The number of aliphatic carboxylic acids is 2. The molecule has 0 spiro atoms. The number of benzene rings is 2. The van der Waals surface area contributed by atoms with Gasteiger partial charge in [-0.2, -0.15) is 0 Å². The van der Waals surface area contributed by atoms with Gasteiger partial charge in [-0.15, -0.1) is 0 Å². The number of rotatable bonds is 7. The van der Waals surface area contributed by atoms with Crippen LogP contribution in [0.1, 0.15) is 37.3 Å². The summed E-state index contributed by atoms with van der Waals surface area (Å²) in [5.74, 6) is -4.46. The lowest BCUT2D eigenvalue weighted by molar-refractivity contribution is -0.159. The summed E-state index contributed by atoms with van der Waals surface area (Å²) in [6, 6.07) is 11.8. The van der Waals surface area contributed by atoms with Crippen LogP contribution in [0.4, 0.5) is 13.6 Å². The molecular formula is C27H34F2N2O8. The van der Waals surface area contributed by atoms with Crippen LogP contribution in [0.25, 0.3) is 0 Å². The molecule has 2 saturated heterocycles. The van der Waals surface area contributed by atoms with Crippen molar-refractivity contribution in [2.75, 3.05) is 32.7 Å². The van der Waals surface area contributed by atoms with Gasteiger partial charge in [-0.25, -0.2) is 23.2 Å². The van der Waals surface area contributed by atoms with Crippen LogP contribution in [0, 0.1) is 17.6 Å². The topological polar surface area (TPSA) is 159 Å². The lowest BCUT2D eigenvalue weighted by Gasteiger charge is -2.42. The van der Waals surface area contributed by atoms with E-state index in [1.54, 1.807) is 29.2 Å². The summed E-state index contributed by atoms with van der Waals surface area (Å²) in [6.45, 7) is 5.67. The molecule has 0 bridgehead atoms. The van der Waals surface area contributed by atoms with Crippen LogP contribution in [-0.4, -0.2) is 87.5 Å². The Bertz CT molecular complexity index is 1050. The van der Waals surface area contributed by atoms with Crippen LogP contribution in [-0.2, 0) is 19.9 Å². The Balaban J connectivity index is 0.000000687. The quantitative estimate of drug-likeness (QED) is 0.442. The summed E-state index contributed by atoms with van der Waals surface area (Å²) >= 11 is 0. The standard InChI is InChI=1S/C25H30F2N2O3.C2H2O4.H2O/c1-2-29-17-23(32-24(29)30)13-16-28-14-11-20(12-15-28)25(31,18-3-7-21(26)8-4-18)19-5-9-22(27)10-6-19;3-1(4)2(5)6;/h3-10,20,23,31H,2,11-17H2,1H3;(H,3,4)(H,5,6);1H2. The van der Waals surface area contributed by atoms with Crippen LogP contribution >= 0.6 is 0 Å². The number of carboxylic acid groups (broad SMARTS) is 2. The fourth-order valence-electron chi connectivity index (χ4n) is 4.93. The molecule has 0 radical (unpaired) electrons. The second kappa shape index (κ2) is 14.0. The minimum Gasteiger partial charge on any atom is -0.473 e. The van der Waals surface area contributed by atoms with E-state index in [1.165, 1.54) is 24.3 Å². The Morgan fingerprint density at radius 2 is 1.41 bits per heavy atom. The monoisotopic (exact) mass is 552 g/mol. The number of cyclic esters (lactones) is 1. The summed E-state index contributed by atoms with van der Waals surface area (Å²) in [5, 5.41) is 26.7. The zero-order chi connectivity index (χ0) is 27.9. The predicted molar refractivity (Wildman–Crippen MR) is 136 cm³/mol. The first-order valence-electron chi connectivity index (χ1n) is 12.4.